The van der Waals surface area contributed by atoms with Crippen LogP contribution in [0.15, 0.2) is 182 Å². The first-order valence-electron chi connectivity index (χ1n) is 13.6. The van der Waals surface area contributed by atoms with Crippen molar-refractivity contribution in [2.45, 2.75) is 0 Å². The van der Waals surface area contributed by atoms with E-state index in [1.807, 2.05) is 196 Å². The molecule has 200 valence electrons. The molecule has 0 aliphatic heterocycles. The molecule has 0 bridgehead atoms. The maximum Gasteiger partial charge on any atom is 0.373 e. The highest BCUT2D eigenvalue weighted by atomic mass is 31.2. The minimum absolute atomic E-state index is 0.816. The average molecular weight is 552 g/mol. The highest BCUT2D eigenvalue weighted by molar-refractivity contribution is 7.70. The Morgan fingerprint density at radius 2 is 0.415 bits per heavy atom. The molecule has 0 aliphatic rings. The van der Waals surface area contributed by atoms with Gasteiger partial charge in [0.2, 0.25) is 0 Å². The largest absolute Gasteiger partial charge is 0.373 e. The molecule has 0 amide bonds. The van der Waals surface area contributed by atoms with Gasteiger partial charge in [-0.3, -0.25) is 14.0 Å². The van der Waals surface area contributed by atoms with Crippen molar-refractivity contribution in [1.29, 1.82) is 0 Å². The average Bonchev–Trinajstić information content (AvgIpc) is 3.04. The Morgan fingerprint density at radius 3 is 0.561 bits per heavy atom. The van der Waals surface area contributed by atoms with Crippen LogP contribution >= 0.6 is 7.59 Å². The summed E-state index contributed by atoms with van der Waals surface area (Å²) in [5.74, 6) is 0. The van der Waals surface area contributed by atoms with Crippen LogP contribution in [0, 0.1) is 0 Å². The molecule has 0 saturated heterocycles. The van der Waals surface area contributed by atoms with Gasteiger partial charge in [0.1, 0.15) is 0 Å². The van der Waals surface area contributed by atoms with Crippen LogP contribution in [0.25, 0.3) is 0 Å². The second-order valence-electron chi connectivity index (χ2n) is 9.46. The van der Waals surface area contributed by atoms with Gasteiger partial charge in [-0.1, -0.05) is 109 Å². The second-order valence-corrected chi connectivity index (χ2v) is 11.7. The van der Waals surface area contributed by atoms with Gasteiger partial charge in [0.05, 0.1) is 34.1 Å². The minimum atomic E-state index is -3.88. The van der Waals surface area contributed by atoms with Gasteiger partial charge in [0.25, 0.3) is 0 Å². The Morgan fingerprint density at radius 1 is 0.268 bits per heavy atom. The lowest BCUT2D eigenvalue weighted by atomic mass is 10.2. The summed E-state index contributed by atoms with van der Waals surface area (Å²) in [4.78, 5) is 0. The fourth-order valence-corrected chi connectivity index (χ4v) is 8.17. The normalized spacial score (nSPS) is 11.0. The van der Waals surface area contributed by atoms with Crippen LogP contribution in [0.3, 0.4) is 0 Å². The third kappa shape index (κ3) is 5.26. The number of anilines is 6. The number of rotatable bonds is 9. The molecule has 0 spiro atoms. The fourth-order valence-electron chi connectivity index (χ4n) is 5.03. The Kier molecular flexibility index (Phi) is 7.66. The van der Waals surface area contributed by atoms with Gasteiger partial charge >= 0.3 is 7.59 Å². The summed E-state index contributed by atoms with van der Waals surface area (Å²) in [6.45, 7) is 0. The van der Waals surface area contributed by atoms with Gasteiger partial charge < -0.3 is 0 Å². The number of hydrogen-bond acceptors (Lipinski definition) is 1. The standard InChI is InChI=1S/C36H30N3OP/c40-41(37(31-19-7-1-8-20-31)32-21-9-2-10-22-32,38(33-23-11-3-12-24-33)34-25-13-4-14-26-34)39(35-27-15-5-16-28-35)36-29-17-6-18-30-36/h1-30H. The van der Waals surface area contributed by atoms with E-state index in [0.717, 1.165) is 34.1 Å². The van der Waals surface area contributed by atoms with E-state index in [4.69, 9.17) is 0 Å². The van der Waals surface area contributed by atoms with E-state index in [1.54, 1.807) is 0 Å². The van der Waals surface area contributed by atoms with E-state index in [2.05, 4.69) is 0 Å². The van der Waals surface area contributed by atoms with Crippen molar-refractivity contribution < 1.29 is 4.57 Å². The molecule has 6 aromatic carbocycles. The molecule has 0 unspecified atom stereocenters. The van der Waals surface area contributed by atoms with Crippen molar-refractivity contribution in [2.75, 3.05) is 14.0 Å². The van der Waals surface area contributed by atoms with E-state index in [-0.39, 0.29) is 0 Å². The SMILES string of the molecule is O=P(N(c1ccccc1)c1ccccc1)(N(c1ccccc1)c1ccccc1)N(c1ccccc1)c1ccccc1. The molecule has 0 fully saturated rings. The third-order valence-electron chi connectivity index (χ3n) is 6.79. The maximum absolute atomic E-state index is 16.9. The maximum atomic E-state index is 16.9. The summed E-state index contributed by atoms with van der Waals surface area (Å²) in [6, 6.07) is 59.9. The van der Waals surface area contributed by atoms with Crippen LogP contribution in [0.4, 0.5) is 34.1 Å². The number of nitrogens with zero attached hydrogens (tertiary/aromatic N) is 3. The Labute approximate surface area is 241 Å². The van der Waals surface area contributed by atoms with Crippen LogP contribution in [0.1, 0.15) is 0 Å². The molecule has 0 N–H and O–H groups in total. The highest BCUT2D eigenvalue weighted by Gasteiger charge is 2.47. The monoisotopic (exact) mass is 551 g/mol. The minimum Gasteiger partial charge on any atom is -0.259 e. The number of hydrogen-bond donors (Lipinski definition) is 0. The smallest absolute Gasteiger partial charge is 0.259 e. The lowest BCUT2D eigenvalue weighted by Crippen LogP contribution is -2.35. The quantitative estimate of drug-likeness (QED) is 0.167. The van der Waals surface area contributed by atoms with Crippen molar-refractivity contribution >= 4 is 41.7 Å². The first kappa shape index (κ1) is 26.2. The first-order chi connectivity index (χ1) is 20.3. The summed E-state index contributed by atoms with van der Waals surface area (Å²) in [5.41, 5.74) is 4.89. The van der Waals surface area contributed by atoms with Gasteiger partial charge in [-0.05, 0) is 72.8 Å². The summed E-state index contributed by atoms with van der Waals surface area (Å²) in [5, 5.41) is 0. The molecular weight excluding hydrogens is 521 g/mol. The van der Waals surface area contributed by atoms with E-state index in [0.29, 0.717) is 0 Å². The predicted octanol–water partition coefficient (Wildman–Crippen LogP) is 10.6. The Hall–Kier alpha value is -5.05. The highest BCUT2D eigenvalue weighted by Crippen LogP contribution is 2.68. The zero-order valence-corrected chi connectivity index (χ0v) is 23.4. The van der Waals surface area contributed by atoms with Crippen molar-refractivity contribution in [1.82, 2.24) is 0 Å². The molecule has 6 rings (SSSR count). The molecule has 6 aromatic rings. The van der Waals surface area contributed by atoms with Gasteiger partial charge in [0, 0.05) is 0 Å². The van der Waals surface area contributed by atoms with Crippen LogP contribution in [-0.2, 0) is 4.57 Å². The van der Waals surface area contributed by atoms with Gasteiger partial charge in [-0.15, -0.1) is 0 Å². The van der Waals surface area contributed by atoms with Crippen molar-refractivity contribution in [3.63, 3.8) is 0 Å². The van der Waals surface area contributed by atoms with Crippen LogP contribution in [0.2, 0.25) is 0 Å². The fraction of sp³-hybridized carbons (Fsp3) is 0. The molecule has 0 atom stereocenters. The van der Waals surface area contributed by atoms with Crippen LogP contribution in [0.5, 0.6) is 0 Å². The van der Waals surface area contributed by atoms with Crippen LogP contribution in [-0.4, -0.2) is 0 Å². The zero-order chi connectivity index (χ0) is 27.9. The zero-order valence-electron chi connectivity index (χ0n) is 22.5. The molecule has 4 nitrogen and oxygen atoms in total. The van der Waals surface area contributed by atoms with E-state index in [1.165, 1.54) is 0 Å². The molecule has 0 saturated carbocycles. The number of benzene rings is 6. The van der Waals surface area contributed by atoms with Crippen molar-refractivity contribution in [2.24, 2.45) is 0 Å². The van der Waals surface area contributed by atoms with E-state index in [9.17, 15) is 0 Å². The first-order valence-corrected chi connectivity index (χ1v) is 15.2. The van der Waals surface area contributed by atoms with E-state index >= 15 is 4.57 Å². The van der Waals surface area contributed by atoms with Gasteiger partial charge in [0.15, 0.2) is 0 Å². The topological polar surface area (TPSA) is 26.8 Å². The predicted molar refractivity (Wildman–Crippen MR) is 173 cm³/mol. The summed E-state index contributed by atoms with van der Waals surface area (Å²) >= 11 is 0. The Balaban J connectivity index is 1.76. The third-order valence-corrected chi connectivity index (χ3v) is 9.74. The van der Waals surface area contributed by atoms with E-state index < -0.39 is 7.59 Å². The number of para-hydroxylation sites is 6. The molecule has 0 aliphatic carbocycles. The summed E-state index contributed by atoms with van der Waals surface area (Å²) < 4.78 is 22.9. The molecule has 5 heteroatoms. The molecule has 0 heterocycles. The van der Waals surface area contributed by atoms with Crippen LogP contribution < -0.4 is 14.0 Å². The Bertz CT molecular complexity index is 1380. The molecule has 0 radical (unpaired) electrons. The molecular formula is C36H30N3OP. The lowest BCUT2D eigenvalue weighted by molar-refractivity contribution is 0.574. The second kappa shape index (κ2) is 12.0. The van der Waals surface area contributed by atoms with Crippen molar-refractivity contribution in [3.05, 3.63) is 182 Å². The van der Waals surface area contributed by atoms with Crippen molar-refractivity contribution in [3.8, 4) is 0 Å². The molecule has 41 heavy (non-hydrogen) atoms. The summed E-state index contributed by atoms with van der Waals surface area (Å²) in [7, 11) is -3.88. The lowest BCUT2D eigenvalue weighted by Gasteiger charge is -2.47. The summed E-state index contributed by atoms with van der Waals surface area (Å²) in [6.07, 6.45) is 0. The molecule has 0 aromatic heterocycles. The van der Waals surface area contributed by atoms with Gasteiger partial charge in [-0.25, -0.2) is 4.57 Å². The van der Waals surface area contributed by atoms with Gasteiger partial charge in [-0.2, -0.15) is 0 Å².